The van der Waals surface area contributed by atoms with Gasteiger partial charge in [0.1, 0.15) is 17.5 Å². The molecular weight excluding hydrogens is 378 g/mol. The number of hydrogen-bond acceptors (Lipinski definition) is 6. The molecule has 29 heavy (non-hydrogen) atoms. The van der Waals surface area contributed by atoms with Crippen molar-refractivity contribution in [3.8, 4) is 11.5 Å². The topological polar surface area (TPSA) is 59.5 Å². The number of nitrogens with zero attached hydrogens (tertiary/aromatic N) is 3. The Morgan fingerprint density at radius 2 is 1.76 bits per heavy atom. The molecule has 0 saturated carbocycles. The van der Waals surface area contributed by atoms with E-state index in [1.165, 1.54) is 17.7 Å². The second-order valence-corrected chi connectivity index (χ2v) is 6.64. The fourth-order valence-corrected chi connectivity index (χ4v) is 3.38. The molecule has 0 unspecified atom stereocenters. The Labute approximate surface area is 167 Å². The molecule has 1 aromatic heterocycles. The third-order valence-corrected chi connectivity index (χ3v) is 4.86. The van der Waals surface area contributed by atoms with Crippen LogP contribution in [-0.2, 0) is 13.0 Å². The van der Waals surface area contributed by atoms with Gasteiger partial charge in [-0.15, -0.1) is 0 Å². The summed E-state index contributed by atoms with van der Waals surface area (Å²) in [5.41, 5.74) is 2.45. The fraction of sp³-hybridized carbons (Fsp3) is 0.238. The molecule has 2 heterocycles. The van der Waals surface area contributed by atoms with Crippen molar-refractivity contribution in [3.63, 3.8) is 0 Å². The summed E-state index contributed by atoms with van der Waals surface area (Å²) in [4.78, 5) is 10.7. The minimum atomic E-state index is -0.702. The highest BCUT2D eigenvalue weighted by molar-refractivity contribution is 5.57. The van der Waals surface area contributed by atoms with Gasteiger partial charge in [0.2, 0.25) is 5.95 Å². The van der Waals surface area contributed by atoms with Crippen LogP contribution in [0.1, 0.15) is 11.1 Å². The Balaban J connectivity index is 1.56. The molecule has 1 N–H and O–H groups in total. The third-order valence-electron chi connectivity index (χ3n) is 4.86. The van der Waals surface area contributed by atoms with Crippen LogP contribution < -0.4 is 19.7 Å². The molecular formula is C21H20F2N4O2. The first-order valence-electron chi connectivity index (χ1n) is 9.11. The Morgan fingerprint density at radius 3 is 2.48 bits per heavy atom. The summed E-state index contributed by atoms with van der Waals surface area (Å²) >= 11 is 0. The Bertz CT molecular complexity index is 1050. The van der Waals surface area contributed by atoms with Crippen LogP contribution in [0.5, 0.6) is 11.5 Å². The van der Waals surface area contributed by atoms with Crippen LogP contribution in [0.15, 0.2) is 42.6 Å². The van der Waals surface area contributed by atoms with Crippen molar-refractivity contribution >= 4 is 17.5 Å². The Hall–Kier alpha value is -3.42. The summed E-state index contributed by atoms with van der Waals surface area (Å²) in [5, 5.41) is 2.80. The van der Waals surface area contributed by atoms with Crippen molar-refractivity contribution in [1.29, 1.82) is 0 Å². The first-order valence-corrected chi connectivity index (χ1v) is 9.11. The van der Waals surface area contributed by atoms with E-state index in [0.717, 1.165) is 30.3 Å². The number of nitrogens with one attached hydrogen (secondary N) is 1. The SMILES string of the molecule is COc1cc2c(cc1OC)CN(c1ccnc(Nc3ccc(F)cc3F)n1)CC2. The summed E-state index contributed by atoms with van der Waals surface area (Å²) in [6.07, 6.45) is 2.44. The van der Waals surface area contributed by atoms with Gasteiger partial charge in [0.15, 0.2) is 11.5 Å². The molecule has 1 aliphatic rings. The third kappa shape index (κ3) is 3.91. The standard InChI is InChI=1S/C21H20F2N4O2/c1-28-18-9-13-6-8-27(12-14(13)10-19(18)29-2)20-5-7-24-21(26-20)25-17-4-3-15(22)11-16(17)23/h3-5,7,9-11H,6,8,12H2,1-2H3,(H,24,25,26). The van der Waals surface area contributed by atoms with Gasteiger partial charge in [-0.3, -0.25) is 0 Å². The number of halogens is 2. The van der Waals surface area contributed by atoms with Crippen LogP contribution in [-0.4, -0.2) is 30.7 Å². The van der Waals surface area contributed by atoms with E-state index in [0.29, 0.717) is 18.1 Å². The monoisotopic (exact) mass is 398 g/mol. The zero-order chi connectivity index (χ0) is 20.4. The van der Waals surface area contributed by atoms with Gasteiger partial charge < -0.3 is 19.7 Å². The lowest BCUT2D eigenvalue weighted by Gasteiger charge is -2.30. The second-order valence-electron chi connectivity index (χ2n) is 6.64. The summed E-state index contributed by atoms with van der Waals surface area (Å²) in [5.74, 6) is 1.02. The van der Waals surface area contributed by atoms with E-state index in [1.807, 2.05) is 12.1 Å². The van der Waals surface area contributed by atoms with E-state index in [4.69, 9.17) is 9.47 Å². The van der Waals surface area contributed by atoms with Crippen LogP contribution in [0.2, 0.25) is 0 Å². The first kappa shape index (κ1) is 18.9. The molecule has 3 aromatic rings. The lowest BCUT2D eigenvalue weighted by molar-refractivity contribution is 0.353. The zero-order valence-electron chi connectivity index (χ0n) is 16.1. The summed E-state index contributed by atoms with van der Waals surface area (Å²) in [7, 11) is 3.24. The molecule has 0 bridgehead atoms. The molecule has 0 fully saturated rings. The highest BCUT2D eigenvalue weighted by atomic mass is 19.1. The number of methoxy groups -OCH3 is 2. The fourth-order valence-electron chi connectivity index (χ4n) is 3.38. The van der Waals surface area contributed by atoms with Gasteiger partial charge in [-0.25, -0.2) is 13.8 Å². The Kier molecular flexibility index (Phi) is 5.16. The van der Waals surface area contributed by atoms with Crippen molar-refractivity contribution in [1.82, 2.24) is 9.97 Å². The van der Waals surface area contributed by atoms with Crippen LogP contribution in [0.25, 0.3) is 0 Å². The van der Waals surface area contributed by atoms with Crippen molar-refractivity contribution in [2.75, 3.05) is 31.0 Å². The minimum absolute atomic E-state index is 0.115. The van der Waals surface area contributed by atoms with Gasteiger partial charge in [0.25, 0.3) is 0 Å². The average Bonchev–Trinajstić information content (AvgIpc) is 2.74. The number of fused-ring (bicyclic) bond motifs is 1. The largest absolute Gasteiger partial charge is 0.493 e. The maximum Gasteiger partial charge on any atom is 0.229 e. The minimum Gasteiger partial charge on any atom is -0.493 e. The van der Waals surface area contributed by atoms with Gasteiger partial charge >= 0.3 is 0 Å². The number of rotatable bonds is 5. The quantitative estimate of drug-likeness (QED) is 0.699. The van der Waals surface area contributed by atoms with Crippen molar-refractivity contribution in [2.24, 2.45) is 0 Å². The number of aromatic nitrogens is 2. The van der Waals surface area contributed by atoms with E-state index in [-0.39, 0.29) is 11.6 Å². The average molecular weight is 398 g/mol. The number of benzene rings is 2. The smallest absolute Gasteiger partial charge is 0.229 e. The normalized spacial score (nSPS) is 13.0. The van der Waals surface area contributed by atoms with Crippen molar-refractivity contribution < 1.29 is 18.3 Å². The predicted molar refractivity (Wildman–Crippen MR) is 106 cm³/mol. The molecule has 2 aromatic carbocycles. The highest BCUT2D eigenvalue weighted by Gasteiger charge is 2.21. The molecule has 8 heteroatoms. The molecule has 0 spiro atoms. The lowest BCUT2D eigenvalue weighted by Crippen LogP contribution is -2.31. The van der Waals surface area contributed by atoms with Crippen LogP contribution in [0.4, 0.5) is 26.2 Å². The van der Waals surface area contributed by atoms with Gasteiger partial charge in [-0.2, -0.15) is 4.98 Å². The van der Waals surface area contributed by atoms with Gasteiger partial charge in [0.05, 0.1) is 19.9 Å². The molecule has 0 atom stereocenters. The molecule has 0 radical (unpaired) electrons. The van der Waals surface area contributed by atoms with Crippen molar-refractivity contribution in [2.45, 2.75) is 13.0 Å². The number of ether oxygens (including phenoxy) is 2. The predicted octanol–water partition coefficient (Wildman–Crippen LogP) is 4.08. The molecule has 6 nitrogen and oxygen atoms in total. The molecule has 1 aliphatic heterocycles. The highest BCUT2D eigenvalue weighted by Crippen LogP contribution is 2.34. The second kappa shape index (κ2) is 7.90. The maximum absolute atomic E-state index is 13.9. The zero-order valence-corrected chi connectivity index (χ0v) is 16.1. The lowest BCUT2D eigenvalue weighted by atomic mass is 9.99. The van der Waals surface area contributed by atoms with E-state index in [1.54, 1.807) is 26.5 Å². The molecule has 0 aliphatic carbocycles. The molecule has 0 saturated heterocycles. The van der Waals surface area contributed by atoms with Gasteiger partial charge in [-0.05, 0) is 47.9 Å². The molecule has 150 valence electrons. The van der Waals surface area contributed by atoms with Crippen molar-refractivity contribution in [3.05, 3.63) is 65.4 Å². The molecule has 4 rings (SSSR count). The van der Waals surface area contributed by atoms with Crippen LogP contribution in [0.3, 0.4) is 0 Å². The number of anilines is 3. The van der Waals surface area contributed by atoms with Gasteiger partial charge in [-0.1, -0.05) is 0 Å². The number of hydrogen-bond donors (Lipinski definition) is 1. The van der Waals surface area contributed by atoms with E-state index in [2.05, 4.69) is 20.2 Å². The van der Waals surface area contributed by atoms with E-state index >= 15 is 0 Å². The summed E-state index contributed by atoms with van der Waals surface area (Å²) in [6.45, 7) is 1.42. The summed E-state index contributed by atoms with van der Waals surface area (Å²) in [6, 6.07) is 9.10. The van der Waals surface area contributed by atoms with Gasteiger partial charge in [0, 0.05) is 25.4 Å². The Morgan fingerprint density at radius 1 is 1.00 bits per heavy atom. The maximum atomic E-state index is 13.9. The van der Waals surface area contributed by atoms with Crippen LogP contribution >= 0.6 is 0 Å². The van der Waals surface area contributed by atoms with E-state index < -0.39 is 11.6 Å². The molecule has 0 amide bonds. The van der Waals surface area contributed by atoms with E-state index in [9.17, 15) is 8.78 Å². The first-order chi connectivity index (χ1) is 14.1. The summed E-state index contributed by atoms with van der Waals surface area (Å²) < 4.78 is 37.8. The van der Waals surface area contributed by atoms with Crippen LogP contribution in [0, 0.1) is 11.6 Å².